The molecule has 4 nitrogen and oxygen atoms in total. The summed E-state index contributed by atoms with van der Waals surface area (Å²) >= 11 is 0. The Balaban J connectivity index is 1.46. The Morgan fingerprint density at radius 3 is 2.44 bits per heavy atom. The van der Waals surface area contributed by atoms with Gasteiger partial charge in [0.05, 0.1) is 5.92 Å². The Hall–Kier alpha value is -1.84. The van der Waals surface area contributed by atoms with Crippen LogP contribution in [-0.4, -0.2) is 35.8 Å². The maximum Gasteiger partial charge on any atom is 0.225 e. The van der Waals surface area contributed by atoms with Crippen LogP contribution in [0.2, 0.25) is 0 Å². The molecule has 136 valence electrons. The lowest BCUT2D eigenvalue weighted by Gasteiger charge is -2.23. The van der Waals surface area contributed by atoms with Crippen molar-refractivity contribution in [1.29, 1.82) is 0 Å². The number of carbonyl (C=O) groups excluding carboxylic acids is 2. The van der Waals surface area contributed by atoms with Crippen LogP contribution < -0.4 is 5.32 Å². The number of hydrogen-bond acceptors (Lipinski definition) is 2. The van der Waals surface area contributed by atoms with Crippen molar-refractivity contribution in [2.45, 2.75) is 63.8 Å². The Bertz CT molecular complexity index is 565. The molecule has 1 heterocycles. The fourth-order valence-electron chi connectivity index (χ4n) is 3.99. The number of nitrogens with one attached hydrogen (secondary N) is 1. The van der Waals surface area contributed by atoms with Gasteiger partial charge in [-0.15, -0.1) is 0 Å². The van der Waals surface area contributed by atoms with Crippen LogP contribution in [0.1, 0.15) is 56.9 Å². The number of hydrogen-bond donors (Lipinski definition) is 1. The van der Waals surface area contributed by atoms with Gasteiger partial charge >= 0.3 is 0 Å². The van der Waals surface area contributed by atoms with E-state index in [4.69, 9.17) is 0 Å². The maximum atomic E-state index is 12.6. The summed E-state index contributed by atoms with van der Waals surface area (Å²) in [6, 6.07) is 10.5. The summed E-state index contributed by atoms with van der Waals surface area (Å²) in [4.78, 5) is 26.7. The molecule has 1 aromatic rings. The quantitative estimate of drug-likeness (QED) is 0.892. The van der Waals surface area contributed by atoms with Gasteiger partial charge in [0.25, 0.3) is 0 Å². The second-order valence-corrected chi connectivity index (χ2v) is 7.53. The van der Waals surface area contributed by atoms with E-state index in [0.717, 1.165) is 19.3 Å². The van der Waals surface area contributed by atoms with Crippen molar-refractivity contribution in [2.24, 2.45) is 5.92 Å². The van der Waals surface area contributed by atoms with Gasteiger partial charge in [-0.3, -0.25) is 9.59 Å². The van der Waals surface area contributed by atoms with E-state index < -0.39 is 0 Å². The Morgan fingerprint density at radius 2 is 1.72 bits per heavy atom. The van der Waals surface area contributed by atoms with Gasteiger partial charge in [-0.1, -0.05) is 62.4 Å². The molecule has 1 aromatic carbocycles. The summed E-state index contributed by atoms with van der Waals surface area (Å²) < 4.78 is 0. The van der Waals surface area contributed by atoms with Gasteiger partial charge < -0.3 is 10.2 Å². The Morgan fingerprint density at radius 1 is 1.04 bits per heavy atom. The molecule has 0 aromatic heterocycles. The Kier molecular flexibility index (Phi) is 6.48. The average molecular weight is 342 g/mol. The molecule has 25 heavy (non-hydrogen) atoms. The molecule has 1 N–H and O–H groups in total. The van der Waals surface area contributed by atoms with Crippen molar-refractivity contribution in [2.75, 3.05) is 13.1 Å². The third kappa shape index (κ3) is 5.32. The molecular weight excluding hydrogens is 312 g/mol. The zero-order valence-corrected chi connectivity index (χ0v) is 15.1. The first-order chi connectivity index (χ1) is 12.2. The molecule has 0 bridgehead atoms. The smallest absolute Gasteiger partial charge is 0.225 e. The molecule has 1 atom stereocenters. The topological polar surface area (TPSA) is 49.4 Å². The van der Waals surface area contributed by atoms with Crippen LogP contribution in [0.15, 0.2) is 30.3 Å². The molecule has 1 saturated heterocycles. The highest BCUT2D eigenvalue weighted by atomic mass is 16.2. The highest BCUT2D eigenvalue weighted by Crippen LogP contribution is 2.21. The lowest BCUT2D eigenvalue weighted by molar-refractivity contribution is -0.129. The fraction of sp³-hybridized carbons (Fsp3) is 0.619. The van der Waals surface area contributed by atoms with Crippen LogP contribution in [0.4, 0.5) is 0 Å². The molecule has 1 aliphatic carbocycles. The normalized spacial score (nSPS) is 22.5. The summed E-state index contributed by atoms with van der Waals surface area (Å²) in [5, 5.41) is 3.23. The highest BCUT2D eigenvalue weighted by molar-refractivity contribution is 5.89. The van der Waals surface area contributed by atoms with Crippen LogP contribution in [0.3, 0.4) is 0 Å². The van der Waals surface area contributed by atoms with Gasteiger partial charge in [-0.2, -0.15) is 0 Å². The lowest BCUT2D eigenvalue weighted by atomic mass is 9.96. The third-order valence-corrected chi connectivity index (χ3v) is 5.55. The first kappa shape index (κ1) is 18.0. The fourth-order valence-corrected chi connectivity index (χ4v) is 3.99. The molecule has 2 aliphatic rings. The summed E-state index contributed by atoms with van der Waals surface area (Å²) in [7, 11) is 0. The monoisotopic (exact) mass is 342 g/mol. The van der Waals surface area contributed by atoms with E-state index in [1.54, 1.807) is 0 Å². The van der Waals surface area contributed by atoms with E-state index in [-0.39, 0.29) is 17.7 Å². The number of nitrogens with zero attached hydrogens (tertiary/aromatic N) is 1. The van der Waals surface area contributed by atoms with Gasteiger partial charge in [-0.05, 0) is 24.8 Å². The number of amides is 2. The van der Waals surface area contributed by atoms with Crippen LogP contribution in [0.5, 0.6) is 0 Å². The summed E-state index contributed by atoms with van der Waals surface area (Å²) in [6.07, 6.45) is 9.69. The second-order valence-electron chi connectivity index (χ2n) is 7.53. The van der Waals surface area contributed by atoms with Gasteiger partial charge in [-0.25, -0.2) is 0 Å². The molecule has 2 fully saturated rings. The van der Waals surface area contributed by atoms with Crippen molar-refractivity contribution < 1.29 is 9.59 Å². The van der Waals surface area contributed by atoms with E-state index in [1.165, 1.54) is 37.7 Å². The van der Waals surface area contributed by atoms with Crippen LogP contribution in [-0.2, 0) is 16.0 Å². The minimum atomic E-state index is -0.172. The summed E-state index contributed by atoms with van der Waals surface area (Å²) in [5.41, 5.74) is 1.23. The van der Waals surface area contributed by atoms with E-state index in [2.05, 4.69) is 17.4 Å². The van der Waals surface area contributed by atoms with Gasteiger partial charge in [0.2, 0.25) is 11.8 Å². The van der Waals surface area contributed by atoms with Crippen molar-refractivity contribution in [3.8, 4) is 0 Å². The minimum Gasteiger partial charge on any atom is -0.353 e. The first-order valence-electron chi connectivity index (χ1n) is 9.84. The minimum absolute atomic E-state index is 0.0844. The number of carbonyl (C=O) groups is 2. The number of rotatable bonds is 5. The van der Waals surface area contributed by atoms with Crippen molar-refractivity contribution in [1.82, 2.24) is 10.2 Å². The highest BCUT2D eigenvalue weighted by Gasteiger charge is 2.34. The van der Waals surface area contributed by atoms with Crippen molar-refractivity contribution in [3.05, 3.63) is 35.9 Å². The molecule has 1 saturated carbocycles. The predicted octanol–water partition coefficient (Wildman–Crippen LogP) is 3.31. The third-order valence-electron chi connectivity index (χ3n) is 5.55. The molecule has 0 radical (unpaired) electrons. The Labute approximate surface area is 151 Å². The van der Waals surface area contributed by atoms with E-state index in [9.17, 15) is 9.59 Å². The summed E-state index contributed by atoms with van der Waals surface area (Å²) in [5.74, 6) is 0.0311. The lowest BCUT2D eigenvalue weighted by Crippen LogP contribution is -2.40. The number of benzene rings is 1. The summed E-state index contributed by atoms with van der Waals surface area (Å²) in [6.45, 7) is 1.28. The molecule has 1 unspecified atom stereocenters. The van der Waals surface area contributed by atoms with E-state index in [0.29, 0.717) is 25.6 Å². The van der Waals surface area contributed by atoms with Crippen LogP contribution in [0, 0.1) is 5.92 Å². The molecule has 1 aliphatic heterocycles. The van der Waals surface area contributed by atoms with Gasteiger partial charge in [0, 0.05) is 25.6 Å². The zero-order chi connectivity index (χ0) is 17.5. The molecule has 4 heteroatoms. The second kappa shape index (κ2) is 9.02. The van der Waals surface area contributed by atoms with Crippen LogP contribution in [0.25, 0.3) is 0 Å². The average Bonchev–Trinajstić information content (AvgIpc) is 2.97. The number of likely N-dealkylation sites (tertiary alicyclic amines) is 1. The predicted molar refractivity (Wildman–Crippen MR) is 99.1 cm³/mol. The van der Waals surface area contributed by atoms with Crippen molar-refractivity contribution in [3.63, 3.8) is 0 Å². The standard InChI is InChI=1S/C21H30N2O2/c24-20-15-18(16-23(20)14-13-17-9-5-4-6-10-17)21(25)22-19-11-7-2-1-3-8-12-19/h4-6,9-10,18-19H,1-3,7-8,11-16H2,(H,22,25). The molecule has 3 rings (SSSR count). The molecule has 2 amide bonds. The van der Waals surface area contributed by atoms with Gasteiger partial charge in [0.15, 0.2) is 0 Å². The largest absolute Gasteiger partial charge is 0.353 e. The van der Waals surface area contributed by atoms with E-state index in [1.807, 2.05) is 23.1 Å². The molecule has 0 spiro atoms. The first-order valence-corrected chi connectivity index (χ1v) is 9.84. The van der Waals surface area contributed by atoms with Crippen LogP contribution >= 0.6 is 0 Å². The SMILES string of the molecule is O=C(NC1CCCCCCC1)C1CC(=O)N(CCc2ccccc2)C1. The van der Waals surface area contributed by atoms with E-state index >= 15 is 0 Å². The molecular formula is C21H30N2O2. The van der Waals surface area contributed by atoms with Gasteiger partial charge in [0.1, 0.15) is 0 Å². The zero-order valence-electron chi connectivity index (χ0n) is 15.1. The van der Waals surface area contributed by atoms with Crippen molar-refractivity contribution >= 4 is 11.8 Å². The maximum absolute atomic E-state index is 12.6.